The number of nitrogens with zero attached hydrogens (tertiary/aromatic N) is 2. The maximum atomic E-state index is 12.8. The lowest BCUT2D eigenvalue weighted by atomic mass is 10.1. The van der Waals surface area contributed by atoms with Crippen LogP contribution in [0, 0.1) is 0 Å². The van der Waals surface area contributed by atoms with Gasteiger partial charge in [0.25, 0.3) is 5.56 Å². The molecular formula is C22H23N3O2. The first-order chi connectivity index (χ1) is 13.1. The minimum Gasteiger partial charge on any atom is -0.324 e. The fourth-order valence-corrected chi connectivity index (χ4v) is 2.98. The number of carbonyl (C=O) groups is 1. The highest BCUT2D eigenvalue weighted by Crippen LogP contribution is 2.18. The first-order valence-corrected chi connectivity index (χ1v) is 9.17. The second-order valence-corrected chi connectivity index (χ2v) is 6.33. The Balaban J connectivity index is 1.90. The quantitative estimate of drug-likeness (QED) is 0.720. The Hall–Kier alpha value is -3.21. The summed E-state index contributed by atoms with van der Waals surface area (Å²) in [6, 6.07) is 19.8. The molecule has 138 valence electrons. The standard InChI is InChI=1S/C22H23N3O2/c1-3-16-9-8-12-18(15-16)23-22(27)20(4-2)25-21(26)14-13-19(24-25)17-10-6-5-7-11-17/h5-15,20H,3-4H2,1-2H3,(H,23,27). The van der Waals surface area contributed by atoms with Gasteiger partial charge in [0, 0.05) is 17.3 Å². The van der Waals surface area contributed by atoms with E-state index in [0.717, 1.165) is 23.2 Å². The second-order valence-electron chi connectivity index (χ2n) is 6.33. The summed E-state index contributed by atoms with van der Waals surface area (Å²) in [6.07, 6.45) is 1.35. The lowest BCUT2D eigenvalue weighted by Crippen LogP contribution is -2.34. The molecule has 1 heterocycles. The molecule has 0 aliphatic rings. The van der Waals surface area contributed by atoms with Crippen molar-refractivity contribution in [1.29, 1.82) is 0 Å². The van der Waals surface area contributed by atoms with E-state index in [2.05, 4.69) is 17.3 Å². The Kier molecular flexibility index (Phi) is 5.81. The number of aromatic nitrogens is 2. The highest BCUT2D eigenvalue weighted by atomic mass is 16.2. The molecule has 0 fully saturated rings. The zero-order valence-electron chi connectivity index (χ0n) is 15.6. The molecular weight excluding hydrogens is 338 g/mol. The third-order valence-electron chi connectivity index (χ3n) is 4.48. The van der Waals surface area contributed by atoms with Crippen molar-refractivity contribution < 1.29 is 4.79 Å². The molecule has 0 aliphatic carbocycles. The second kappa shape index (κ2) is 8.45. The van der Waals surface area contributed by atoms with Gasteiger partial charge in [-0.15, -0.1) is 0 Å². The van der Waals surface area contributed by atoms with Crippen molar-refractivity contribution in [3.05, 3.63) is 82.6 Å². The van der Waals surface area contributed by atoms with Crippen molar-refractivity contribution in [2.75, 3.05) is 5.32 Å². The maximum absolute atomic E-state index is 12.8. The topological polar surface area (TPSA) is 64.0 Å². The van der Waals surface area contributed by atoms with Crippen molar-refractivity contribution in [3.8, 4) is 11.3 Å². The van der Waals surface area contributed by atoms with Crippen molar-refractivity contribution in [3.63, 3.8) is 0 Å². The summed E-state index contributed by atoms with van der Waals surface area (Å²) in [5, 5.41) is 7.37. The molecule has 0 saturated carbocycles. The zero-order valence-corrected chi connectivity index (χ0v) is 15.6. The van der Waals surface area contributed by atoms with Crippen LogP contribution < -0.4 is 10.9 Å². The first-order valence-electron chi connectivity index (χ1n) is 9.17. The van der Waals surface area contributed by atoms with Gasteiger partial charge >= 0.3 is 0 Å². The van der Waals surface area contributed by atoms with Crippen LogP contribution in [0.2, 0.25) is 0 Å². The van der Waals surface area contributed by atoms with Gasteiger partial charge in [-0.1, -0.05) is 56.3 Å². The lowest BCUT2D eigenvalue weighted by molar-refractivity contribution is -0.119. The van der Waals surface area contributed by atoms with Crippen LogP contribution in [0.3, 0.4) is 0 Å². The Labute approximate surface area is 158 Å². The molecule has 0 aliphatic heterocycles. The highest BCUT2D eigenvalue weighted by Gasteiger charge is 2.21. The van der Waals surface area contributed by atoms with Gasteiger partial charge in [0.15, 0.2) is 0 Å². The maximum Gasteiger partial charge on any atom is 0.267 e. The molecule has 1 N–H and O–H groups in total. The van der Waals surface area contributed by atoms with Gasteiger partial charge in [-0.3, -0.25) is 9.59 Å². The summed E-state index contributed by atoms with van der Waals surface area (Å²) in [6.45, 7) is 3.93. The monoisotopic (exact) mass is 361 g/mol. The van der Waals surface area contributed by atoms with Crippen LogP contribution in [0.15, 0.2) is 71.5 Å². The Bertz CT molecular complexity index is 980. The van der Waals surface area contributed by atoms with Gasteiger partial charge in [0.2, 0.25) is 5.91 Å². The minimum atomic E-state index is -0.675. The molecule has 1 aromatic heterocycles. The molecule has 0 radical (unpaired) electrons. The van der Waals surface area contributed by atoms with E-state index < -0.39 is 6.04 Å². The van der Waals surface area contributed by atoms with E-state index in [1.165, 1.54) is 10.7 Å². The molecule has 3 rings (SSSR count). The van der Waals surface area contributed by atoms with Crippen molar-refractivity contribution in [1.82, 2.24) is 9.78 Å². The highest BCUT2D eigenvalue weighted by molar-refractivity contribution is 5.93. The van der Waals surface area contributed by atoms with E-state index in [1.54, 1.807) is 6.07 Å². The van der Waals surface area contributed by atoms with E-state index in [9.17, 15) is 9.59 Å². The minimum absolute atomic E-state index is 0.245. The molecule has 5 heteroatoms. The van der Waals surface area contributed by atoms with Gasteiger partial charge in [-0.05, 0) is 36.6 Å². The predicted molar refractivity (Wildman–Crippen MR) is 108 cm³/mol. The average molecular weight is 361 g/mol. The molecule has 0 bridgehead atoms. The van der Waals surface area contributed by atoms with Gasteiger partial charge < -0.3 is 5.32 Å². The van der Waals surface area contributed by atoms with Gasteiger partial charge in [0.05, 0.1) is 5.69 Å². The molecule has 1 amide bonds. The number of carbonyl (C=O) groups excluding carboxylic acids is 1. The number of anilines is 1. The van der Waals surface area contributed by atoms with Crippen LogP contribution in [0.5, 0.6) is 0 Å². The third kappa shape index (κ3) is 4.31. The van der Waals surface area contributed by atoms with Gasteiger partial charge in [0.1, 0.15) is 6.04 Å². The number of hydrogen-bond acceptors (Lipinski definition) is 3. The smallest absolute Gasteiger partial charge is 0.267 e. The third-order valence-corrected chi connectivity index (χ3v) is 4.48. The normalized spacial score (nSPS) is 11.8. The van der Waals surface area contributed by atoms with E-state index >= 15 is 0 Å². The molecule has 1 unspecified atom stereocenters. The Morgan fingerprint density at radius 2 is 1.81 bits per heavy atom. The summed E-state index contributed by atoms with van der Waals surface area (Å²) >= 11 is 0. The first kappa shape index (κ1) is 18.6. The predicted octanol–water partition coefficient (Wildman–Crippen LogP) is 4.06. The number of benzene rings is 2. The summed E-state index contributed by atoms with van der Waals surface area (Å²) in [5.74, 6) is -0.245. The van der Waals surface area contributed by atoms with Crippen LogP contribution >= 0.6 is 0 Å². The van der Waals surface area contributed by atoms with Crippen LogP contribution in [-0.2, 0) is 11.2 Å². The van der Waals surface area contributed by atoms with Crippen molar-refractivity contribution in [2.24, 2.45) is 0 Å². The SMILES string of the molecule is CCc1cccc(NC(=O)C(CC)n2nc(-c3ccccc3)ccc2=O)c1. The fourth-order valence-electron chi connectivity index (χ4n) is 2.98. The largest absolute Gasteiger partial charge is 0.324 e. The number of nitrogens with one attached hydrogen (secondary N) is 1. The molecule has 27 heavy (non-hydrogen) atoms. The van der Waals surface area contributed by atoms with Crippen molar-refractivity contribution >= 4 is 11.6 Å². The van der Waals surface area contributed by atoms with Crippen LogP contribution in [0.1, 0.15) is 31.9 Å². The van der Waals surface area contributed by atoms with E-state index in [4.69, 9.17) is 0 Å². The van der Waals surface area contributed by atoms with Gasteiger partial charge in [-0.2, -0.15) is 5.10 Å². The zero-order chi connectivity index (χ0) is 19.2. The lowest BCUT2D eigenvalue weighted by Gasteiger charge is -2.18. The number of aryl methyl sites for hydroxylation is 1. The average Bonchev–Trinajstić information content (AvgIpc) is 2.70. The molecule has 0 spiro atoms. The Morgan fingerprint density at radius 3 is 2.52 bits per heavy atom. The molecule has 1 atom stereocenters. The van der Waals surface area contributed by atoms with E-state index in [-0.39, 0.29) is 11.5 Å². The molecule has 2 aromatic carbocycles. The molecule has 0 saturated heterocycles. The molecule has 5 nitrogen and oxygen atoms in total. The summed E-state index contributed by atoms with van der Waals surface area (Å²) < 4.78 is 1.28. The summed E-state index contributed by atoms with van der Waals surface area (Å²) in [4.78, 5) is 25.2. The van der Waals surface area contributed by atoms with Gasteiger partial charge in [-0.25, -0.2) is 4.68 Å². The van der Waals surface area contributed by atoms with Crippen LogP contribution in [-0.4, -0.2) is 15.7 Å². The van der Waals surface area contributed by atoms with E-state index in [0.29, 0.717) is 12.1 Å². The number of hydrogen-bond donors (Lipinski definition) is 1. The summed E-state index contributed by atoms with van der Waals surface area (Å²) in [7, 11) is 0. The number of amides is 1. The van der Waals surface area contributed by atoms with E-state index in [1.807, 2.05) is 61.5 Å². The fraction of sp³-hybridized carbons (Fsp3) is 0.227. The Morgan fingerprint density at radius 1 is 1.04 bits per heavy atom. The van der Waals surface area contributed by atoms with Crippen LogP contribution in [0.4, 0.5) is 5.69 Å². The van der Waals surface area contributed by atoms with Crippen LogP contribution in [0.25, 0.3) is 11.3 Å². The summed E-state index contributed by atoms with van der Waals surface area (Å²) in [5.41, 5.74) is 3.14. The molecule has 3 aromatic rings. The number of rotatable bonds is 6. The van der Waals surface area contributed by atoms with Crippen molar-refractivity contribution in [2.45, 2.75) is 32.7 Å².